The number of nitrogen functional groups attached to an aromatic ring is 1. The van der Waals surface area contributed by atoms with Gasteiger partial charge < -0.3 is 19.9 Å². The molecule has 2 heterocycles. The van der Waals surface area contributed by atoms with Gasteiger partial charge in [-0.15, -0.1) is 0 Å². The van der Waals surface area contributed by atoms with Gasteiger partial charge in [-0.1, -0.05) is 0 Å². The second-order valence-corrected chi connectivity index (χ2v) is 5.68. The number of likely N-dealkylation sites (tertiary alicyclic amines) is 1. The molecule has 0 radical (unpaired) electrons. The number of piperidine rings is 1. The normalized spacial score (nSPS) is 21.8. The Balaban J connectivity index is 1.63. The number of nitrogens with zero attached hydrogens (tertiary/aromatic N) is 1. The van der Waals surface area contributed by atoms with E-state index in [1.807, 2.05) is 25.1 Å². The van der Waals surface area contributed by atoms with Crippen LogP contribution in [0.25, 0.3) is 0 Å². The summed E-state index contributed by atoms with van der Waals surface area (Å²) >= 11 is 0. The van der Waals surface area contributed by atoms with Crippen molar-refractivity contribution in [2.75, 3.05) is 38.6 Å². The van der Waals surface area contributed by atoms with E-state index in [4.69, 9.17) is 19.9 Å². The summed E-state index contributed by atoms with van der Waals surface area (Å²) in [5.41, 5.74) is 7.84. The number of hydrogen-bond donors (Lipinski definition) is 1. The summed E-state index contributed by atoms with van der Waals surface area (Å²) in [6, 6.07) is 5.86. The van der Waals surface area contributed by atoms with E-state index in [2.05, 4.69) is 4.90 Å². The number of rotatable bonds is 4. The first-order valence-corrected chi connectivity index (χ1v) is 7.72. The first kappa shape index (κ1) is 14.6. The zero-order chi connectivity index (χ0) is 14.7. The second-order valence-electron chi connectivity index (χ2n) is 5.68. The highest BCUT2D eigenvalue weighted by atomic mass is 16.7. The van der Waals surface area contributed by atoms with E-state index in [-0.39, 0.29) is 5.79 Å². The molecule has 0 atom stereocenters. The molecule has 0 amide bonds. The molecule has 2 saturated heterocycles. The highest BCUT2D eigenvalue weighted by Gasteiger charge is 2.39. The SMILES string of the molecule is CCOc1ccc(N)cc1CN1CCC2(CC1)OCCO2. The van der Waals surface area contributed by atoms with Gasteiger partial charge in [0.05, 0.1) is 19.8 Å². The molecule has 21 heavy (non-hydrogen) atoms. The molecule has 2 fully saturated rings. The quantitative estimate of drug-likeness (QED) is 0.860. The van der Waals surface area contributed by atoms with E-state index in [9.17, 15) is 0 Å². The van der Waals surface area contributed by atoms with Gasteiger partial charge in [0, 0.05) is 43.7 Å². The Hall–Kier alpha value is -1.30. The topological polar surface area (TPSA) is 57.0 Å². The molecule has 1 aromatic carbocycles. The van der Waals surface area contributed by atoms with Crippen molar-refractivity contribution in [1.82, 2.24) is 4.90 Å². The highest BCUT2D eigenvalue weighted by molar-refractivity contribution is 5.47. The number of anilines is 1. The number of benzene rings is 1. The van der Waals surface area contributed by atoms with Gasteiger partial charge in [0.25, 0.3) is 0 Å². The molecule has 3 rings (SSSR count). The van der Waals surface area contributed by atoms with Gasteiger partial charge in [0.1, 0.15) is 5.75 Å². The zero-order valence-electron chi connectivity index (χ0n) is 12.6. The third-order valence-corrected chi connectivity index (χ3v) is 4.21. The number of ether oxygens (including phenoxy) is 3. The third kappa shape index (κ3) is 3.31. The van der Waals surface area contributed by atoms with Crippen molar-refractivity contribution in [3.8, 4) is 5.75 Å². The third-order valence-electron chi connectivity index (χ3n) is 4.21. The van der Waals surface area contributed by atoms with E-state index in [1.54, 1.807) is 0 Å². The van der Waals surface area contributed by atoms with Gasteiger partial charge in [-0.3, -0.25) is 4.90 Å². The van der Waals surface area contributed by atoms with Crippen LogP contribution in [0.5, 0.6) is 5.75 Å². The Bertz CT molecular complexity index is 476. The fourth-order valence-electron chi connectivity index (χ4n) is 3.10. The molecule has 5 heteroatoms. The van der Waals surface area contributed by atoms with Gasteiger partial charge in [0.15, 0.2) is 5.79 Å². The lowest BCUT2D eigenvalue weighted by Crippen LogP contribution is -2.44. The maximum Gasteiger partial charge on any atom is 0.170 e. The van der Waals surface area contributed by atoms with E-state index in [0.717, 1.165) is 62.7 Å². The van der Waals surface area contributed by atoms with Gasteiger partial charge >= 0.3 is 0 Å². The van der Waals surface area contributed by atoms with Crippen molar-refractivity contribution < 1.29 is 14.2 Å². The number of nitrogens with two attached hydrogens (primary N) is 1. The predicted molar refractivity (Wildman–Crippen MR) is 81.2 cm³/mol. The van der Waals surface area contributed by atoms with Crippen LogP contribution < -0.4 is 10.5 Å². The summed E-state index contributed by atoms with van der Waals surface area (Å²) in [7, 11) is 0. The maximum atomic E-state index is 5.91. The first-order valence-electron chi connectivity index (χ1n) is 7.72. The molecule has 2 aliphatic rings. The summed E-state index contributed by atoms with van der Waals surface area (Å²) in [6.45, 7) is 6.92. The second kappa shape index (κ2) is 6.22. The van der Waals surface area contributed by atoms with Gasteiger partial charge in [-0.05, 0) is 25.1 Å². The molecule has 0 aliphatic carbocycles. The summed E-state index contributed by atoms with van der Waals surface area (Å²) in [5.74, 6) is 0.620. The molecule has 0 saturated carbocycles. The van der Waals surface area contributed by atoms with E-state index >= 15 is 0 Å². The number of hydrogen-bond acceptors (Lipinski definition) is 5. The minimum absolute atomic E-state index is 0.311. The van der Waals surface area contributed by atoms with E-state index in [1.165, 1.54) is 0 Å². The van der Waals surface area contributed by atoms with Crippen molar-refractivity contribution >= 4 is 5.69 Å². The maximum absolute atomic E-state index is 5.91. The molecule has 5 nitrogen and oxygen atoms in total. The van der Waals surface area contributed by atoms with Crippen molar-refractivity contribution in [3.63, 3.8) is 0 Å². The minimum atomic E-state index is -0.311. The Morgan fingerprint density at radius 3 is 2.62 bits per heavy atom. The lowest BCUT2D eigenvalue weighted by atomic mass is 10.0. The lowest BCUT2D eigenvalue weighted by Gasteiger charge is -2.37. The van der Waals surface area contributed by atoms with Crippen LogP contribution in [0, 0.1) is 0 Å². The molecule has 116 valence electrons. The standard InChI is InChI=1S/C16H24N2O3/c1-2-19-15-4-3-14(17)11-13(15)12-18-7-5-16(6-8-18)20-9-10-21-16/h3-4,11H,2,5-10,12,17H2,1H3. The largest absolute Gasteiger partial charge is 0.494 e. The Labute approximate surface area is 126 Å². The van der Waals surface area contributed by atoms with Crippen LogP contribution >= 0.6 is 0 Å². The molecular weight excluding hydrogens is 268 g/mol. The molecule has 2 N–H and O–H groups in total. The Kier molecular flexibility index (Phi) is 4.33. The van der Waals surface area contributed by atoms with Crippen LogP contribution in [-0.2, 0) is 16.0 Å². The lowest BCUT2D eigenvalue weighted by molar-refractivity contribution is -0.185. The van der Waals surface area contributed by atoms with Crippen molar-refractivity contribution in [2.45, 2.75) is 32.1 Å². The Morgan fingerprint density at radius 1 is 1.24 bits per heavy atom. The highest BCUT2D eigenvalue weighted by Crippen LogP contribution is 2.32. The zero-order valence-corrected chi connectivity index (χ0v) is 12.6. The molecule has 0 bridgehead atoms. The summed E-state index contributed by atoms with van der Waals surface area (Å²) < 4.78 is 17.2. The van der Waals surface area contributed by atoms with Crippen LogP contribution in [0.15, 0.2) is 18.2 Å². The molecule has 2 aliphatic heterocycles. The van der Waals surface area contributed by atoms with Crippen LogP contribution in [0.4, 0.5) is 5.69 Å². The molecule has 0 aromatic heterocycles. The van der Waals surface area contributed by atoms with Gasteiger partial charge in [-0.2, -0.15) is 0 Å². The summed E-state index contributed by atoms with van der Waals surface area (Å²) in [5, 5.41) is 0. The van der Waals surface area contributed by atoms with Crippen molar-refractivity contribution in [3.05, 3.63) is 23.8 Å². The first-order chi connectivity index (χ1) is 10.2. The smallest absolute Gasteiger partial charge is 0.170 e. The van der Waals surface area contributed by atoms with Gasteiger partial charge in [0.2, 0.25) is 0 Å². The van der Waals surface area contributed by atoms with Crippen LogP contribution in [-0.4, -0.2) is 43.6 Å². The average molecular weight is 292 g/mol. The van der Waals surface area contributed by atoms with Crippen LogP contribution in [0.1, 0.15) is 25.3 Å². The van der Waals surface area contributed by atoms with E-state index < -0.39 is 0 Å². The fourth-order valence-corrected chi connectivity index (χ4v) is 3.10. The van der Waals surface area contributed by atoms with Crippen molar-refractivity contribution in [1.29, 1.82) is 0 Å². The minimum Gasteiger partial charge on any atom is -0.494 e. The molecule has 1 aromatic rings. The monoisotopic (exact) mass is 292 g/mol. The van der Waals surface area contributed by atoms with Crippen molar-refractivity contribution in [2.24, 2.45) is 0 Å². The van der Waals surface area contributed by atoms with Gasteiger partial charge in [-0.25, -0.2) is 0 Å². The van der Waals surface area contributed by atoms with Crippen LogP contribution in [0.3, 0.4) is 0 Å². The predicted octanol–water partition coefficient (Wildman–Crippen LogP) is 2.01. The molecule has 1 spiro atoms. The average Bonchev–Trinajstić information content (AvgIpc) is 2.93. The Morgan fingerprint density at radius 2 is 1.95 bits per heavy atom. The summed E-state index contributed by atoms with van der Waals surface area (Å²) in [4.78, 5) is 2.41. The molecular formula is C16H24N2O3. The summed E-state index contributed by atoms with van der Waals surface area (Å²) in [6.07, 6.45) is 1.86. The fraction of sp³-hybridized carbons (Fsp3) is 0.625. The van der Waals surface area contributed by atoms with Crippen LogP contribution in [0.2, 0.25) is 0 Å². The molecule has 0 unspecified atom stereocenters. The van der Waals surface area contributed by atoms with E-state index in [0.29, 0.717) is 6.61 Å².